The lowest BCUT2D eigenvalue weighted by atomic mass is 9.86. The second-order valence-electron chi connectivity index (χ2n) is 7.30. The summed E-state index contributed by atoms with van der Waals surface area (Å²) in [6, 6.07) is 0.975. The fraction of sp³-hybridized carbons (Fsp3) is 0.923. The van der Waals surface area contributed by atoms with Crippen LogP contribution in [0.5, 0.6) is 0 Å². The third-order valence-electron chi connectivity index (χ3n) is 3.72. The van der Waals surface area contributed by atoms with E-state index in [9.17, 15) is 0 Å². The number of nitrogens with one attached hydrogen (secondary N) is 1. The van der Waals surface area contributed by atoms with Gasteiger partial charge in [-0.05, 0) is 10.8 Å². The van der Waals surface area contributed by atoms with Crippen molar-refractivity contribution in [2.75, 3.05) is 13.1 Å². The third kappa shape index (κ3) is 2.04. The normalized spacial score (nSPS) is 30.1. The first-order valence-corrected chi connectivity index (χ1v) is 6.27. The minimum absolute atomic E-state index is 0.274. The van der Waals surface area contributed by atoms with Gasteiger partial charge >= 0.3 is 0 Å². The van der Waals surface area contributed by atoms with Crippen LogP contribution < -0.4 is 5.32 Å². The summed E-state index contributed by atoms with van der Waals surface area (Å²) in [5.74, 6) is 1.12. The second-order valence-corrected chi connectivity index (χ2v) is 7.30. The molecule has 16 heavy (non-hydrogen) atoms. The van der Waals surface area contributed by atoms with Crippen molar-refractivity contribution in [1.82, 2.24) is 10.2 Å². The Labute approximate surface area is 99.3 Å². The maximum Gasteiger partial charge on any atom is 0.194 e. The second kappa shape index (κ2) is 3.38. The Morgan fingerprint density at radius 1 is 1.06 bits per heavy atom. The number of fused-ring (bicyclic) bond motifs is 1. The molecule has 0 radical (unpaired) electrons. The summed E-state index contributed by atoms with van der Waals surface area (Å²) < 4.78 is 0. The highest BCUT2D eigenvalue weighted by Gasteiger charge is 2.41. The topological polar surface area (TPSA) is 27.6 Å². The smallest absolute Gasteiger partial charge is 0.194 e. The monoisotopic (exact) mass is 223 g/mol. The molecule has 0 saturated carbocycles. The summed E-state index contributed by atoms with van der Waals surface area (Å²) in [7, 11) is 0. The van der Waals surface area contributed by atoms with Crippen LogP contribution in [-0.2, 0) is 0 Å². The number of nitrogens with zero attached hydrogens (tertiary/aromatic N) is 2. The van der Waals surface area contributed by atoms with Gasteiger partial charge in [0.15, 0.2) is 5.96 Å². The van der Waals surface area contributed by atoms with Crippen LogP contribution in [0.2, 0.25) is 0 Å². The van der Waals surface area contributed by atoms with Crippen LogP contribution in [0.1, 0.15) is 41.5 Å². The van der Waals surface area contributed by atoms with E-state index >= 15 is 0 Å². The molecule has 92 valence electrons. The van der Waals surface area contributed by atoms with Crippen molar-refractivity contribution in [3.63, 3.8) is 0 Å². The molecule has 0 aromatic carbocycles. The Balaban J connectivity index is 2.08. The molecule has 0 amide bonds. The minimum atomic E-state index is 0.274. The van der Waals surface area contributed by atoms with Crippen molar-refractivity contribution in [2.45, 2.75) is 53.6 Å². The lowest BCUT2D eigenvalue weighted by Gasteiger charge is -2.29. The predicted molar refractivity (Wildman–Crippen MR) is 68.6 cm³/mol. The molecule has 3 heteroatoms. The Hall–Kier alpha value is -0.730. The third-order valence-corrected chi connectivity index (χ3v) is 3.72. The molecule has 1 N–H and O–H groups in total. The standard InChI is InChI=1S/C13H25N3/c1-12(2,3)9-7-16-8-10(13(4,5)6)15-11(16)14-9/h9-10H,7-8H2,1-6H3,(H,14,15)/t9-,10+. The lowest BCUT2D eigenvalue weighted by molar-refractivity contribution is 0.253. The fourth-order valence-electron chi connectivity index (χ4n) is 2.23. The summed E-state index contributed by atoms with van der Waals surface area (Å²) in [6.45, 7) is 15.9. The summed E-state index contributed by atoms with van der Waals surface area (Å²) in [5, 5.41) is 3.57. The fourth-order valence-corrected chi connectivity index (χ4v) is 2.23. The summed E-state index contributed by atoms with van der Waals surface area (Å²) >= 11 is 0. The van der Waals surface area contributed by atoms with Gasteiger partial charge in [0, 0.05) is 13.1 Å². The van der Waals surface area contributed by atoms with Crippen LogP contribution in [0.4, 0.5) is 0 Å². The Morgan fingerprint density at radius 2 is 1.69 bits per heavy atom. The highest BCUT2D eigenvalue weighted by Crippen LogP contribution is 2.31. The zero-order chi connectivity index (χ0) is 12.1. The van der Waals surface area contributed by atoms with Gasteiger partial charge in [-0.1, -0.05) is 41.5 Å². The van der Waals surface area contributed by atoms with E-state index in [4.69, 9.17) is 4.99 Å². The van der Waals surface area contributed by atoms with Crippen LogP contribution in [0.15, 0.2) is 4.99 Å². The molecule has 0 aliphatic carbocycles. The summed E-state index contributed by atoms with van der Waals surface area (Å²) in [6.07, 6.45) is 0. The van der Waals surface area contributed by atoms with Crippen LogP contribution in [-0.4, -0.2) is 36.0 Å². The number of rotatable bonds is 0. The Bertz CT molecular complexity index is 306. The van der Waals surface area contributed by atoms with Gasteiger partial charge in [-0.25, -0.2) is 4.99 Å². The van der Waals surface area contributed by atoms with E-state index in [0.717, 1.165) is 19.0 Å². The van der Waals surface area contributed by atoms with Crippen molar-refractivity contribution >= 4 is 5.96 Å². The molecule has 0 bridgehead atoms. The van der Waals surface area contributed by atoms with Gasteiger partial charge in [0.1, 0.15) is 0 Å². The lowest BCUT2D eigenvalue weighted by Crippen LogP contribution is -2.39. The van der Waals surface area contributed by atoms with Gasteiger partial charge in [-0.2, -0.15) is 0 Å². The first-order valence-electron chi connectivity index (χ1n) is 6.27. The predicted octanol–water partition coefficient (Wildman–Crippen LogP) is 2.09. The minimum Gasteiger partial charge on any atom is -0.351 e. The van der Waals surface area contributed by atoms with E-state index in [0.29, 0.717) is 17.5 Å². The van der Waals surface area contributed by atoms with Crippen LogP contribution in [0.3, 0.4) is 0 Å². The van der Waals surface area contributed by atoms with Gasteiger partial charge < -0.3 is 10.2 Å². The van der Waals surface area contributed by atoms with E-state index in [2.05, 4.69) is 51.8 Å². The van der Waals surface area contributed by atoms with Crippen molar-refractivity contribution in [3.8, 4) is 0 Å². The van der Waals surface area contributed by atoms with Gasteiger partial charge in [0.2, 0.25) is 0 Å². The Kier molecular flexibility index (Phi) is 2.48. The molecule has 3 nitrogen and oxygen atoms in total. The van der Waals surface area contributed by atoms with E-state index in [1.165, 1.54) is 0 Å². The van der Waals surface area contributed by atoms with Crippen LogP contribution >= 0.6 is 0 Å². The molecule has 2 rings (SSSR count). The molecule has 1 fully saturated rings. The quantitative estimate of drug-likeness (QED) is 0.681. The van der Waals surface area contributed by atoms with E-state index in [-0.39, 0.29) is 5.41 Å². The SMILES string of the molecule is CC(C)(C)[C@@H]1CN2C[C@H](C(C)(C)C)NC2=N1. The molecule has 2 aliphatic heterocycles. The van der Waals surface area contributed by atoms with Crippen molar-refractivity contribution in [2.24, 2.45) is 15.8 Å². The van der Waals surface area contributed by atoms with Crippen LogP contribution in [0, 0.1) is 10.8 Å². The zero-order valence-electron chi connectivity index (χ0n) is 11.5. The average molecular weight is 223 g/mol. The maximum absolute atomic E-state index is 4.82. The van der Waals surface area contributed by atoms with Crippen molar-refractivity contribution in [1.29, 1.82) is 0 Å². The van der Waals surface area contributed by atoms with E-state index in [1.807, 2.05) is 0 Å². The molecule has 0 unspecified atom stereocenters. The van der Waals surface area contributed by atoms with Gasteiger partial charge in [-0.15, -0.1) is 0 Å². The zero-order valence-corrected chi connectivity index (χ0v) is 11.5. The molecule has 2 atom stereocenters. The van der Waals surface area contributed by atoms with Gasteiger partial charge in [0.05, 0.1) is 12.1 Å². The molecule has 2 aliphatic rings. The number of aliphatic imine (C=N–C) groups is 1. The number of hydrogen-bond donors (Lipinski definition) is 1. The number of guanidine groups is 1. The summed E-state index contributed by atoms with van der Waals surface area (Å²) in [5.41, 5.74) is 0.584. The molecule has 0 aromatic rings. The molecule has 0 aromatic heterocycles. The largest absolute Gasteiger partial charge is 0.351 e. The molecule has 1 saturated heterocycles. The van der Waals surface area contributed by atoms with Crippen molar-refractivity contribution < 1.29 is 0 Å². The highest BCUT2D eigenvalue weighted by atomic mass is 15.4. The molecular formula is C13H25N3. The molecule has 0 spiro atoms. The van der Waals surface area contributed by atoms with Crippen LogP contribution in [0.25, 0.3) is 0 Å². The summed E-state index contributed by atoms with van der Waals surface area (Å²) in [4.78, 5) is 7.23. The van der Waals surface area contributed by atoms with Gasteiger partial charge in [-0.3, -0.25) is 0 Å². The van der Waals surface area contributed by atoms with Gasteiger partial charge in [0.25, 0.3) is 0 Å². The maximum atomic E-state index is 4.82. The highest BCUT2D eigenvalue weighted by molar-refractivity contribution is 5.84. The van der Waals surface area contributed by atoms with E-state index in [1.54, 1.807) is 0 Å². The number of hydrogen-bond acceptors (Lipinski definition) is 3. The molecule has 2 heterocycles. The first-order chi connectivity index (χ1) is 7.18. The average Bonchev–Trinajstić information content (AvgIpc) is 2.53. The van der Waals surface area contributed by atoms with E-state index < -0.39 is 0 Å². The molecular weight excluding hydrogens is 198 g/mol. The Morgan fingerprint density at radius 3 is 2.12 bits per heavy atom. The first kappa shape index (κ1) is 11.7. The van der Waals surface area contributed by atoms with Crippen molar-refractivity contribution in [3.05, 3.63) is 0 Å².